The molecule has 2 aromatic carbocycles. The standard InChI is InChI=1S/C37H29F2N3O4/c38-37(39)13-16-42(17-14-37)36(44)26-8-12-32(41-23-26)27-18-28-19-30(11-10-29(43)9-7-24-4-3-15-40-22-24)45-35(28)31(20-27)34-21-25-5-1-2-6-33(25)46-34/h1-9,12,15,18-23H,10-11,13-14,16-17H2/b9-7+. The van der Waals surface area contributed by atoms with Gasteiger partial charge in [-0.15, -0.1) is 0 Å². The monoisotopic (exact) mass is 617 g/mol. The third-order valence-corrected chi connectivity index (χ3v) is 8.21. The molecule has 1 fully saturated rings. The van der Waals surface area contributed by atoms with Gasteiger partial charge in [-0.3, -0.25) is 19.6 Å². The number of ketones is 1. The van der Waals surface area contributed by atoms with E-state index in [0.29, 0.717) is 34.8 Å². The van der Waals surface area contributed by atoms with Gasteiger partial charge in [-0.1, -0.05) is 24.3 Å². The van der Waals surface area contributed by atoms with Crippen LogP contribution in [0.15, 0.2) is 106 Å². The smallest absolute Gasteiger partial charge is 0.255 e. The first-order valence-electron chi connectivity index (χ1n) is 15.1. The highest BCUT2D eigenvalue weighted by Gasteiger charge is 2.35. The Labute approximate surface area is 263 Å². The molecule has 0 unspecified atom stereocenters. The lowest BCUT2D eigenvalue weighted by molar-refractivity contribution is -0.114. The van der Waals surface area contributed by atoms with E-state index in [9.17, 15) is 18.4 Å². The molecule has 230 valence electrons. The molecule has 0 radical (unpaired) electrons. The molecule has 1 saturated heterocycles. The van der Waals surface area contributed by atoms with Gasteiger partial charge in [-0.25, -0.2) is 8.78 Å². The molecule has 5 heterocycles. The Morgan fingerprint density at radius 2 is 1.76 bits per heavy atom. The van der Waals surface area contributed by atoms with Crippen molar-refractivity contribution in [2.45, 2.75) is 31.6 Å². The molecule has 9 heteroatoms. The maximum Gasteiger partial charge on any atom is 0.255 e. The molecular weight excluding hydrogens is 588 g/mol. The van der Waals surface area contributed by atoms with Crippen LogP contribution in [0.5, 0.6) is 0 Å². The van der Waals surface area contributed by atoms with Crippen LogP contribution < -0.4 is 0 Å². The predicted octanol–water partition coefficient (Wildman–Crippen LogP) is 8.39. The van der Waals surface area contributed by atoms with Crippen LogP contribution in [-0.2, 0) is 11.2 Å². The number of nitrogens with zero attached hydrogens (tertiary/aromatic N) is 3. The number of benzene rings is 2. The van der Waals surface area contributed by atoms with E-state index in [-0.39, 0.29) is 44.0 Å². The third kappa shape index (κ3) is 6.21. The molecule has 1 amide bonds. The van der Waals surface area contributed by atoms with Crippen LogP contribution in [0.4, 0.5) is 8.78 Å². The molecule has 0 spiro atoms. The van der Waals surface area contributed by atoms with Crippen LogP contribution in [0.25, 0.3) is 50.6 Å². The Balaban J connectivity index is 1.18. The van der Waals surface area contributed by atoms with Crippen LogP contribution in [0.2, 0.25) is 0 Å². The van der Waals surface area contributed by atoms with Crippen molar-refractivity contribution < 1.29 is 27.2 Å². The van der Waals surface area contributed by atoms with Crippen molar-refractivity contribution in [2.75, 3.05) is 13.1 Å². The minimum atomic E-state index is -2.73. The van der Waals surface area contributed by atoms with E-state index in [4.69, 9.17) is 8.83 Å². The molecule has 1 aliphatic heterocycles. The second-order valence-corrected chi connectivity index (χ2v) is 11.5. The maximum absolute atomic E-state index is 13.6. The summed E-state index contributed by atoms with van der Waals surface area (Å²) in [6.07, 6.45) is 8.18. The zero-order chi connectivity index (χ0) is 31.7. The molecule has 7 nitrogen and oxygen atoms in total. The van der Waals surface area contributed by atoms with Crippen molar-refractivity contribution >= 4 is 39.7 Å². The van der Waals surface area contributed by atoms with Crippen molar-refractivity contribution in [1.82, 2.24) is 14.9 Å². The van der Waals surface area contributed by atoms with E-state index < -0.39 is 5.92 Å². The minimum absolute atomic E-state index is 0.0142. The number of likely N-dealkylation sites (tertiary alicyclic amines) is 1. The summed E-state index contributed by atoms with van der Waals surface area (Å²) in [6.45, 7) is 0.0284. The molecule has 0 saturated carbocycles. The predicted molar refractivity (Wildman–Crippen MR) is 171 cm³/mol. The number of para-hydroxylation sites is 1. The number of carbonyl (C=O) groups excluding carboxylic acids is 2. The van der Waals surface area contributed by atoms with Gasteiger partial charge in [-0.2, -0.15) is 0 Å². The molecule has 6 aromatic rings. The van der Waals surface area contributed by atoms with Crippen LogP contribution in [-0.4, -0.2) is 45.6 Å². The highest BCUT2D eigenvalue weighted by molar-refractivity contribution is 5.98. The minimum Gasteiger partial charge on any atom is -0.460 e. The van der Waals surface area contributed by atoms with Crippen molar-refractivity contribution in [3.05, 3.63) is 114 Å². The van der Waals surface area contributed by atoms with Gasteiger partial charge in [0.25, 0.3) is 11.8 Å². The van der Waals surface area contributed by atoms with E-state index in [0.717, 1.165) is 33.0 Å². The SMILES string of the molecule is O=C(/C=C/c1cccnc1)CCc1cc2cc(-c3ccc(C(=O)N4CCC(F)(F)CC4)cn3)cc(-c3cc4ccccc4o3)c2o1. The number of allylic oxidation sites excluding steroid dienone is 1. The van der Waals surface area contributed by atoms with Gasteiger partial charge >= 0.3 is 0 Å². The maximum atomic E-state index is 13.6. The molecule has 0 bridgehead atoms. The summed E-state index contributed by atoms with van der Waals surface area (Å²) in [5, 5.41) is 1.77. The second kappa shape index (κ2) is 12.2. The van der Waals surface area contributed by atoms with Gasteiger partial charge in [-0.05, 0) is 66.2 Å². The quantitative estimate of drug-likeness (QED) is 0.159. The van der Waals surface area contributed by atoms with Gasteiger partial charge in [0.1, 0.15) is 22.7 Å². The molecule has 0 atom stereocenters. The van der Waals surface area contributed by atoms with Gasteiger partial charge in [0.05, 0.1) is 16.8 Å². The first kappa shape index (κ1) is 29.3. The largest absolute Gasteiger partial charge is 0.460 e. The average Bonchev–Trinajstić information content (AvgIpc) is 3.70. The Hall–Kier alpha value is -5.44. The lowest BCUT2D eigenvalue weighted by Crippen LogP contribution is -2.42. The summed E-state index contributed by atoms with van der Waals surface area (Å²) in [5.74, 6) is -1.78. The number of aryl methyl sites for hydroxylation is 1. The summed E-state index contributed by atoms with van der Waals surface area (Å²) >= 11 is 0. The first-order valence-corrected chi connectivity index (χ1v) is 15.1. The van der Waals surface area contributed by atoms with E-state index in [1.165, 1.54) is 11.1 Å². The number of alkyl halides is 2. The summed E-state index contributed by atoms with van der Waals surface area (Å²) in [4.78, 5) is 35.7. The Bertz CT molecular complexity index is 2040. The number of pyridine rings is 2. The zero-order valence-electron chi connectivity index (χ0n) is 24.8. The van der Waals surface area contributed by atoms with Gasteiger partial charge < -0.3 is 13.7 Å². The summed E-state index contributed by atoms with van der Waals surface area (Å²) in [5.41, 5.74) is 4.70. The number of piperidine rings is 1. The number of aromatic nitrogens is 2. The molecule has 46 heavy (non-hydrogen) atoms. The van der Waals surface area contributed by atoms with Crippen molar-refractivity contribution in [2.24, 2.45) is 0 Å². The third-order valence-electron chi connectivity index (χ3n) is 8.21. The van der Waals surface area contributed by atoms with Crippen LogP contribution >= 0.6 is 0 Å². The number of hydrogen-bond acceptors (Lipinski definition) is 6. The van der Waals surface area contributed by atoms with E-state index >= 15 is 0 Å². The molecule has 1 aliphatic rings. The number of halogens is 2. The molecule has 4 aromatic heterocycles. The first-order chi connectivity index (χ1) is 22.3. The average molecular weight is 618 g/mol. The van der Waals surface area contributed by atoms with Crippen LogP contribution in [0.3, 0.4) is 0 Å². The number of hydrogen-bond donors (Lipinski definition) is 0. The zero-order valence-corrected chi connectivity index (χ0v) is 24.8. The topological polar surface area (TPSA) is 89.4 Å². The van der Waals surface area contributed by atoms with E-state index in [1.54, 1.807) is 36.7 Å². The Morgan fingerprint density at radius 3 is 2.52 bits per heavy atom. The molecule has 0 aliphatic carbocycles. The van der Waals surface area contributed by atoms with E-state index in [2.05, 4.69) is 9.97 Å². The Morgan fingerprint density at radius 1 is 0.913 bits per heavy atom. The normalized spacial score (nSPS) is 14.8. The second-order valence-electron chi connectivity index (χ2n) is 11.5. The van der Waals surface area contributed by atoms with Gasteiger partial charge in [0.2, 0.25) is 0 Å². The number of amides is 1. The summed E-state index contributed by atoms with van der Waals surface area (Å²) in [7, 11) is 0. The van der Waals surface area contributed by atoms with Crippen LogP contribution in [0, 0.1) is 0 Å². The van der Waals surface area contributed by atoms with Gasteiger partial charge in [0.15, 0.2) is 5.78 Å². The van der Waals surface area contributed by atoms with Gasteiger partial charge in [0, 0.05) is 73.7 Å². The number of rotatable bonds is 8. The van der Waals surface area contributed by atoms with Crippen LogP contribution in [0.1, 0.15) is 40.9 Å². The number of carbonyl (C=O) groups is 2. The number of fused-ring (bicyclic) bond motifs is 2. The highest BCUT2D eigenvalue weighted by atomic mass is 19.3. The number of furan rings is 2. The van der Waals surface area contributed by atoms with E-state index in [1.807, 2.05) is 60.7 Å². The lowest BCUT2D eigenvalue weighted by Gasteiger charge is -2.31. The lowest BCUT2D eigenvalue weighted by atomic mass is 10.0. The fourth-order valence-electron chi connectivity index (χ4n) is 5.68. The molecule has 0 N–H and O–H groups in total. The fourth-order valence-corrected chi connectivity index (χ4v) is 5.68. The molecular formula is C37H29F2N3O4. The van der Waals surface area contributed by atoms with Crippen molar-refractivity contribution in [3.8, 4) is 22.6 Å². The summed E-state index contributed by atoms with van der Waals surface area (Å²) < 4.78 is 39.7. The Kier molecular flexibility index (Phi) is 7.74. The molecule has 7 rings (SSSR count). The van der Waals surface area contributed by atoms with Crippen molar-refractivity contribution in [1.29, 1.82) is 0 Å². The fraction of sp³-hybridized carbons (Fsp3) is 0.189. The highest BCUT2D eigenvalue weighted by Crippen LogP contribution is 2.38. The summed E-state index contributed by atoms with van der Waals surface area (Å²) in [6, 6.07) is 22.6. The van der Waals surface area contributed by atoms with Crippen molar-refractivity contribution in [3.63, 3.8) is 0 Å².